The maximum absolute atomic E-state index is 12.6. The molecule has 0 aliphatic carbocycles. The number of carbonyl (C=O) groups excluding carboxylic acids is 2. The van der Waals surface area contributed by atoms with E-state index in [1.807, 2.05) is 12.2 Å². The number of unbranched alkanes of at least 4 members (excludes halogenated alkanes) is 1. The molecule has 0 fully saturated rings. The lowest BCUT2D eigenvalue weighted by Gasteiger charge is -2.29. The molecule has 7 heteroatoms. The van der Waals surface area contributed by atoms with Crippen LogP contribution in [0.3, 0.4) is 0 Å². The molecule has 0 unspecified atom stereocenters. The van der Waals surface area contributed by atoms with Crippen LogP contribution in [0.25, 0.3) is 0 Å². The topological polar surface area (TPSA) is 97.2 Å². The lowest BCUT2D eigenvalue weighted by molar-refractivity contribution is -0.253. The van der Waals surface area contributed by atoms with Crippen molar-refractivity contribution in [1.82, 2.24) is 10.2 Å². The monoisotopic (exact) mass is 289 g/mol. The molecule has 21 heavy (non-hydrogen) atoms. The molecule has 0 aromatic heterocycles. The molecule has 112 valence electrons. The smallest absolute Gasteiger partial charge is 0.309 e. The normalized spacial score (nSPS) is 14.6. The number of nitrogens with one attached hydrogen (secondary N) is 1. The Morgan fingerprint density at radius 3 is 2.33 bits per heavy atom. The van der Waals surface area contributed by atoms with E-state index >= 15 is 0 Å². The number of rotatable bonds is 5. The molecule has 0 atom stereocenters. The summed E-state index contributed by atoms with van der Waals surface area (Å²) in [7, 11) is 1.60. The summed E-state index contributed by atoms with van der Waals surface area (Å²) in [6.45, 7) is 2.51. The maximum Gasteiger partial charge on any atom is 0.309 e. The second-order valence-electron chi connectivity index (χ2n) is 4.88. The summed E-state index contributed by atoms with van der Waals surface area (Å²) >= 11 is 0. The Kier molecular flexibility index (Phi) is 4.21. The van der Waals surface area contributed by atoms with Gasteiger partial charge < -0.3 is 20.1 Å². The fourth-order valence-corrected chi connectivity index (χ4v) is 2.14. The summed E-state index contributed by atoms with van der Waals surface area (Å²) in [6, 6.07) is 6.85. The summed E-state index contributed by atoms with van der Waals surface area (Å²) in [4.78, 5) is 33.3. The van der Waals surface area contributed by atoms with Crippen molar-refractivity contribution >= 4 is 12.0 Å². The van der Waals surface area contributed by atoms with E-state index in [1.165, 1.54) is 4.90 Å². The number of hydrogen-bond acceptors (Lipinski definition) is 5. The maximum atomic E-state index is 12.6. The van der Waals surface area contributed by atoms with Gasteiger partial charge in [0.15, 0.2) is 0 Å². The van der Waals surface area contributed by atoms with Crippen LogP contribution in [0.1, 0.15) is 19.8 Å². The molecule has 0 saturated heterocycles. The van der Waals surface area contributed by atoms with E-state index in [-0.39, 0.29) is 0 Å². The van der Waals surface area contributed by atoms with Crippen LogP contribution in [-0.4, -0.2) is 36.3 Å². The first kappa shape index (κ1) is 15.0. The largest absolute Gasteiger partial charge is 0.530 e. The van der Waals surface area contributed by atoms with Crippen molar-refractivity contribution in [3.8, 4) is 0 Å². The van der Waals surface area contributed by atoms with Crippen molar-refractivity contribution in [1.29, 1.82) is 0 Å². The Morgan fingerprint density at radius 1 is 1.29 bits per heavy atom. The molecule has 0 saturated carbocycles. The molecule has 1 aliphatic heterocycles. The van der Waals surface area contributed by atoms with Gasteiger partial charge in [-0.2, -0.15) is 0 Å². The van der Waals surface area contributed by atoms with Crippen LogP contribution in [0, 0.1) is 0 Å². The number of carboxylic acid groups (broad SMARTS) is 1. The third-order valence-corrected chi connectivity index (χ3v) is 3.21. The van der Waals surface area contributed by atoms with Crippen molar-refractivity contribution in [3.05, 3.63) is 35.0 Å². The van der Waals surface area contributed by atoms with Gasteiger partial charge in [0.25, 0.3) is 5.91 Å². The van der Waals surface area contributed by atoms with Gasteiger partial charge in [-0.3, -0.25) is 4.79 Å². The average molecular weight is 289 g/mol. The summed E-state index contributed by atoms with van der Waals surface area (Å²) < 4.78 is 0. The van der Waals surface area contributed by atoms with Crippen molar-refractivity contribution in [3.63, 3.8) is 0 Å². The molecule has 0 radical (unpaired) electrons. The predicted octanol–water partition coefficient (Wildman–Crippen LogP) is -1.22. The molecule has 7 nitrogen and oxygen atoms in total. The third kappa shape index (κ3) is 3.01. The molecular weight excluding hydrogens is 272 g/mol. The molecule has 0 bridgehead atoms. The highest BCUT2D eigenvalue weighted by Crippen LogP contribution is 2.14. The predicted molar refractivity (Wildman–Crippen MR) is 72.6 cm³/mol. The highest BCUT2D eigenvalue weighted by molar-refractivity contribution is 5.89. The van der Waals surface area contributed by atoms with Crippen molar-refractivity contribution in [2.24, 2.45) is 9.98 Å². The van der Waals surface area contributed by atoms with E-state index in [1.54, 1.807) is 31.3 Å². The zero-order valence-corrected chi connectivity index (χ0v) is 12.0. The molecule has 1 aromatic rings. The van der Waals surface area contributed by atoms with Crippen LogP contribution in [0.5, 0.6) is 0 Å². The molecule has 2 rings (SSSR count). The highest BCUT2D eigenvalue weighted by atomic mass is 16.4. The molecule has 0 spiro atoms. The van der Waals surface area contributed by atoms with Gasteiger partial charge in [0, 0.05) is 13.6 Å². The van der Waals surface area contributed by atoms with E-state index in [4.69, 9.17) is 0 Å². The Bertz CT molecular complexity index is 636. The second kappa shape index (κ2) is 5.90. The Balaban J connectivity index is 2.39. The first-order chi connectivity index (χ1) is 9.98. The van der Waals surface area contributed by atoms with Crippen LogP contribution < -0.4 is 21.1 Å². The number of hydrogen-bond donors (Lipinski definition) is 1. The van der Waals surface area contributed by atoms with Gasteiger partial charge in [-0.15, -0.1) is 0 Å². The van der Waals surface area contributed by atoms with Crippen molar-refractivity contribution in [2.45, 2.75) is 25.6 Å². The minimum atomic E-state index is -1.87. The summed E-state index contributed by atoms with van der Waals surface area (Å²) in [6.07, 6.45) is 0.149. The van der Waals surface area contributed by atoms with Gasteiger partial charge in [0.05, 0.1) is 10.7 Å². The fourth-order valence-electron chi connectivity index (χ4n) is 2.14. The number of carbonyl (C=O) groups is 2. The SMILES string of the molecule is CCCCN(C)C(=O)C1(NC(=O)[O-])N=c2ccccc2=N1. The van der Waals surface area contributed by atoms with E-state index < -0.39 is 17.8 Å². The number of benzene rings is 1. The number of fused-ring (bicyclic) bond motifs is 1. The van der Waals surface area contributed by atoms with Crippen LogP contribution >= 0.6 is 0 Å². The first-order valence-electron chi connectivity index (χ1n) is 6.78. The third-order valence-electron chi connectivity index (χ3n) is 3.21. The Morgan fingerprint density at radius 2 is 1.86 bits per heavy atom. The summed E-state index contributed by atoms with van der Waals surface area (Å²) in [5, 5.41) is 13.9. The van der Waals surface area contributed by atoms with Crippen LogP contribution in [0.15, 0.2) is 34.3 Å². The van der Waals surface area contributed by atoms with E-state index in [0.29, 0.717) is 17.3 Å². The Hall–Kier alpha value is -2.44. The molecule has 1 heterocycles. The molecule has 1 aromatic carbocycles. The van der Waals surface area contributed by atoms with Crippen LogP contribution in [0.2, 0.25) is 0 Å². The lowest BCUT2D eigenvalue weighted by atomic mass is 10.2. The van der Waals surface area contributed by atoms with Gasteiger partial charge in [-0.05, 0) is 18.6 Å². The van der Waals surface area contributed by atoms with Crippen molar-refractivity contribution in [2.75, 3.05) is 13.6 Å². The van der Waals surface area contributed by atoms with Crippen LogP contribution in [0.4, 0.5) is 4.79 Å². The molecule has 1 aliphatic rings. The molecular formula is C14H17N4O3-. The first-order valence-corrected chi connectivity index (χ1v) is 6.78. The quantitative estimate of drug-likeness (QED) is 0.736. The van der Waals surface area contributed by atoms with E-state index in [9.17, 15) is 14.7 Å². The standard InChI is InChI=1S/C14H18N4O3/c1-3-4-9-18(2)12(19)14(17-13(20)21)15-10-7-5-6-8-11(10)16-14/h5-8,17H,3-4,9H2,1-2H3,(H,20,21)/p-1. The fraction of sp³-hybridized carbons (Fsp3) is 0.429. The highest BCUT2D eigenvalue weighted by Gasteiger charge is 2.42. The van der Waals surface area contributed by atoms with Gasteiger partial charge in [-0.1, -0.05) is 25.5 Å². The lowest BCUT2D eigenvalue weighted by Crippen LogP contribution is -2.59. The zero-order chi connectivity index (χ0) is 15.5. The minimum absolute atomic E-state index is 0.475. The van der Waals surface area contributed by atoms with Crippen LogP contribution in [-0.2, 0) is 4.79 Å². The minimum Gasteiger partial charge on any atom is -0.530 e. The van der Waals surface area contributed by atoms with Gasteiger partial charge in [-0.25, -0.2) is 9.98 Å². The van der Waals surface area contributed by atoms with Gasteiger partial charge in [0.1, 0.15) is 6.09 Å². The zero-order valence-electron chi connectivity index (χ0n) is 12.0. The van der Waals surface area contributed by atoms with E-state index in [2.05, 4.69) is 9.98 Å². The van der Waals surface area contributed by atoms with E-state index in [0.717, 1.165) is 12.8 Å². The van der Waals surface area contributed by atoms with Crippen molar-refractivity contribution < 1.29 is 14.7 Å². The molecule has 1 N–H and O–H groups in total. The molecule has 2 amide bonds. The number of likely N-dealkylation sites (N-methyl/N-ethyl adjacent to an activating group) is 1. The average Bonchev–Trinajstić information content (AvgIpc) is 2.82. The summed E-state index contributed by atoms with van der Waals surface area (Å²) in [5.74, 6) is -2.39. The second-order valence-corrected chi connectivity index (χ2v) is 4.88. The Labute approximate surface area is 122 Å². The number of para-hydroxylation sites is 2. The van der Waals surface area contributed by atoms with Gasteiger partial charge >= 0.3 is 5.79 Å². The van der Waals surface area contributed by atoms with Gasteiger partial charge in [0.2, 0.25) is 0 Å². The number of nitrogens with zero attached hydrogens (tertiary/aromatic N) is 3. The summed E-state index contributed by atoms with van der Waals surface area (Å²) in [5.41, 5.74) is 0. The number of amides is 2.